The van der Waals surface area contributed by atoms with E-state index in [4.69, 9.17) is 20.8 Å². The van der Waals surface area contributed by atoms with Crippen LogP contribution in [-0.2, 0) is 0 Å². The number of ether oxygens (including phenoxy) is 1. The minimum Gasteiger partial charge on any atom is -0.460 e. The highest BCUT2D eigenvalue weighted by Crippen LogP contribution is 2.22. The van der Waals surface area contributed by atoms with Crippen molar-refractivity contribution in [3.8, 4) is 6.01 Å². The Hall–Kier alpha value is -2.41. The number of hydrogen-bond donors (Lipinski definition) is 1. The Labute approximate surface area is 143 Å². The summed E-state index contributed by atoms with van der Waals surface area (Å²) in [4.78, 5) is 31.0. The van der Waals surface area contributed by atoms with Gasteiger partial charge in [-0.1, -0.05) is 11.6 Å². The van der Waals surface area contributed by atoms with E-state index in [0.717, 1.165) is 25.7 Å². The Bertz CT molecular complexity index is 734. The molecule has 1 amide bonds. The highest BCUT2D eigenvalue weighted by Gasteiger charge is 2.24. The smallest absolute Gasteiger partial charge is 0.335 e. The lowest BCUT2D eigenvalue weighted by molar-refractivity contribution is 0.0883. The van der Waals surface area contributed by atoms with Crippen LogP contribution in [-0.4, -0.2) is 28.0 Å². The third-order valence-corrected chi connectivity index (χ3v) is 4.04. The average Bonchev–Trinajstić information content (AvgIpc) is 2.59. The van der Waals surface area contributed by atoms with Crippen molar-refractivity contribution < 1.29 is 13.9 Å². The van der Waals surface area contributed by atoms with Crippen molar-refractivity contribution in [1.82, 2.24) is 15.3 Å². The van der Waals surface area contributed by atoms with Gasteiger partial charge in [0.1, 0.15) is 12.4 Å². The first-order valence-electron chi connectivity index (χ1n) is 7.64. The van der Waals surface area contributed by atoms with Crippen molar-refractivity contribution >= 4 is 17.5 Å². The maximum atomic E-state index is 12.1. The number of carbonyl (C=O) groups excluding carboxylic acids is 1. The molecule has 8 heteroatoms. The maximum Gasteiger partial charge on any atom is 0.335 e. The zero-order valence-electron chi connectivity index (χ0n) is 12.8. The van der Waals surface area contributed by atoms with Crippen molar-refractivity contribution in [3.63, 3.8) is 0 Å². The molecule has 1 N–H and O–H groups in total. The molecule has 0 aliphatic heterocycles. The first-order valence-corrected chi connectivity index (χ1v) is 8.02. The molecule has 0 atom stereocenters. The molecule has 0 saturated heterocycles. The molecule has 1 aliphatic rings. The van der Waals surface area contributed by atoms with E-state index in [1.807, 2.05) is 0 Å². The van der Waals surface area contributed by atoms with Crippen molar-refractivity contribution in [2.45, 2.75) is 37.8 Å². The van der Waals surface area contributed by atoms with E-state index in [0.29, 0.717) is 16.6 Å². The van der Waals surface area contributed by atoms with Gasteiger partial charge in [-0.25, -0.2) is 14.8 Å². The standard InChI is InChI=1S/C16H16ClN3O4/c17-11-7-18-16(19-8-11)24-13-4-2-12(3-5-13)20-15(22)10-1-6-14(21)23-9-10/h1,6-9,12-13H,2-5H2,(H,20,22). The number of amides is 1. The van der Waals surface area contributed by atoms with Gasteiger partial charge in [0.2, 0.25) is 0 Å². The fourth-order valence-electron chi connectivity index (χ4n) is 2.59. The third-order valence-electron chi connectivity index (χ3n) is 3.84. The van der Waals surface area contributed by atoms with Gasteiger partial charge in [-0.15, -0.1) is 0 Å². The highest BCUT2D eigenvalue weighted by atomic mass is 35.5. The molecule has 0 radical (unpaired) electrons. The lowest BCUT2D eigenvalue weighted by Gasteiger charge is -2.28. The van der Waals surface area contributed by atoms with Crippen molar-refractivity contribution in [3.05, 3.63) is 51.8 Å². The van der Waals surface area contributed by atoms with Gasteiger partial charge in [-0.2, -0.15) is 0 Å². The molecule has 0 unspecified atom stereocenters. The van der Waals surface area contributed by atoms with E-state index in [2.05, 4.69) is 15.3 Å². The van der Waals surface area contributed by atoms with Crippen LogP contribution in [0.4, 0.5) is 0 Å². The van der Waals surface area contributed by atoms with Crippen molar-refractivity contribution in [2.75, 3.05) is 0 Å². The second-order valence-electron chi connectivity index (χ2n) is 5.59. The number of halogens is 1. The summed E-state index contributed by atoms with van der Waals surface area (Å²) in [6.07, 6.45) is 7.35. The van der Waals surface area contributed by atoms with Gasteiger partial charge in [0.05, 0.1) is 23.0 Å². The Balaban J connectivity index is 1.48. The highest BCUT2D eigenvalue weighted by molar-refractivity contribution is 6.30. The second-order valence-corrected chi connectivity index (χ2v) is 6.03. The summed E-state index contributed by atoms with van der Waals surface area (Å²) >= 11 is 5.74. The van der Waals surface area contributed by atoms with E-state index in [-0.39, 0.29) is 18.1 Å². The molecule has 0 spiro atoms. The number of nitrogens with one attached hydrogen (secondary N) is 1. The van der Waals surface area contributed by atoms with Crippen LogP contribution in [0.2, 0.25) is 5.02 Å². The molecular weight excluding hydrogens is 334 g/mol. The van der Waals surface area contributed by atoms with E-state index in [9.17, 15) is 9.59 Å². The first-order chi connectivity index (χ1) is 11.6. The number of nitrogens with zero attached hydrogens (tertiary/aromatic N) is 2. The van der Waals surface area contributed by atoms with Crippen LogP contribution in [0.5, 0.6) is 6.01 Å². The zero-order chi connectivity index (χ0) is 16.9. The molecule has 2 heterocycles. The monoisotopic (exact) mass is 349 g/mol. The topological polar surface area (TPSA) is 94.3 Å². The SMILES string of the molecule is O=C(NC1CCC(Oc2ncc(Cl)cn2)CC1)c1ccc(=O)oc1. The van der Waals surface area contributed by atoms with Gasteiger partial charge in [0.15, 0.2) is 0 Å². The van der Waals surface area contributed by atoms with Crippen molar-refractivity contribution in [1.29, 1.82) is 0 Å². The largest absolute Gasteiger partial charge is 0.460 e. The van der Waals surface area contributed by atoms with Crippen LogP contribution in [0.1, 0.15) is 36.0 Å². The zero-order valence-corrected chi connectivity index (χ0v) is 13.5. The van der Waals surface area contributed by atoms with Crippen LogP contribution in [0, 0.1) is 0 Å². The fraction of sp³-hybridized carbons (Fsp3) is 0.375. The Morgan fingerprint density at radius 3 is 2.54 bits per heavy atom. The van der Waals surface area contributed by atoms with Crippen LogP contribution in [0.3, 0.4) is 0 Å². The molecule has 24 heavy (non-hydrogen) atoms. The minimum absolute atomic E-state index is 0.0223. The molecule has 126 valence electrons. The Morgan fingerprint density at radius 2 is 1.92 bits per heavy atom. The molecule has 0 bridgehead atoms. The molecule has 1 saturated carbocycles. The molecular formula is C16H16ClN3O4. The first kappa shape index (κ1) is 16.4. The molecule has 2 aromatic heterocycles. The molecule has 0 aromatic carbocycles. The van der Waals surface area contributed by atoms with Gasteiger partial charge in [-0.3, -0.25) is 4.79 Å². The molecule has 7 nitrogen and oxygen atoms in total. The van der Waals surface area contributed by atoms with Crippen molar-refractivity contribution in [2.24, 2.45) is 0 Å². The third kappa shape index (κ3) is 4.32. The van der Waals surface area contributed by atoms with E-state index < -0.39 is 5.63 Å². The predicted octanol–water partition coefficient (Wildman–Crippen LogP) is 2.20. The summed E-state index contributed by atoms with van der Waals surface area (Å²) in [7, 11) is 0. The lowest BCUT2D eigenvalue weighted by Crippen LogP contribution is -2.39. The lowest BCUT2D eigenvalue weighted by atomic mass is 9.93. The van der Waals surface area contributed by atoms with Gasteiger partial charge >= 0.3 is 11.6 Å². The summed E-state index contributed by atoms with van der Waals surface area (Å²) < 4.78 is 10.4. The number of rotatable bonds is 4. The molecule has 3 rings (SSSR count). The summed E-state index contributed by atoms with van der Waals surface area (Å²) in [6, 6.07) is 3.06. The fourth-order valence-corrected chi connectivity index (χ4v) is 2.69. The number of carbonyl (C=O) groups is 1. The van der Waals surface area contributed by atoms with Crippen LogP contribution in [0.25, 0.3) is 0 Å². The summed E-state index contributed by atoms with van der Waals surface area (Å²) in [5.74, 6) is -0.246. The summed E-state index contributed by atoms with van der Waals surface area (Å²) in [5, 5.41) is 3.40. The average molecular weight is 350 g/mol. The number of hydrogen-bond acceptors (Lipinski definition) is 6. The second kappa shape index (κ2) is 7.44. The Morgan fingerprint density at radius 1 is 1.21 bits per heavy atom. The van der Waals surface area contributed by atoms with Crippen LogP contribution >= 0.6 is 11.6 Å². The van der Waals surface area contributed by atoms with Gasteiger partial charge in [-0.05, 0) is 31.7 Å². The number of aromatic nitrogens is 2. The van der Waals surface area contributed by atoms with E-state index in [1.165, 1.54) is 30.8 Å². The van der Waals surface area contributed by atoms with Crippen LogP contribution in [0.15, 0.2) is 40.0 Å². The quantitative estimate of drug-likeness (QED) is 0.909. The minimum atomic E-state index is -0.478. The van der Waals surface area contributed by atoms with Gasteiger partial charge in [0.25, 0.3) is 5.91 Å². The predicted molar refractivity (Wildman–Crippen MR) is 86.2 cm³/mol. The maximum absolute atomic E-state index is 12.1. The molecule has 1 fully saturated rings. The van der Waals surface area contributed by atoms with Gasteiger partial charge in [0, 0.05) is 12.1 Å². The molecule has 1 aliphatic carbocycles. The van der Waals surface area contributed by atoms with E-state index in [1.54, 1.807) is 0 Å². The van der Waals surface area contributed by atoms with E-state index >= 15 is 0 Å². The van der Waals surface area contributed by atoms with Crippen LogP contribution < -0.4 is 15.7 Å². The normalized spacial score (nSPS) is 20.4. The molecule has 2 aromatic rings. The summed E-state index contributed by atoms with van der Waals surface area (Å²) in [5.41, 5.74) is -0.142. The van der Waals surface area contributed by atoms with Gasteiger partial charge < -0.3 is 14.5 Å². The Kier molecular flexibility index (Phi) is 5.10. The summed E-state index contributed by atoms with van der Waals surface area (Å²) in [6.45, 7) is 0.